The lowest BCUT2D eigenvalue weighted by Crippen LogP contribution is -2.47. The maximum Gasteiger partial charge on any atom is 0.256 e. The van der Waals surface area contributed by atoms with Gasteiger partial charge >= 0.3 is 0 Å². The highest BCUT2D eigenvalue weighted by Crippen LogP contribution is 2.05. The lowest BCUT2D eigenvalue weighted by atomic mass is 10.1. The van der Waals surface area contributed by atoms with Gasteiger partial charge in [0, 0.05) is 44.3 Å². The van der Waals surface area contributed by atoms with Crippen molar-refractivity contribution >= 4 is 23.6 Å². The zero-order valence-electron chi connectivity index (χ0n) is 21.1. The van der Waals surface area contributed by atoms with Crippen LogP contribution in [0.2, 0.25) is 0 Å². The zero-order valence-corrected chi connectivity index (χ0v) is 21.1. The Balaban J connectivity index is 1.83. The summed E-state index contributed by atoms with van der Waals surface area (Å²) in [5, 5.41) is 17.9. The lowest BCUT2D eigenvalue weighted by molar-refractivity contribution is -0.124. The van der Waals surface area contributed by atoms with Crippen LogP contribution in [0.4, 0.5) is 0 Å². The van der Waals surface area contributed by atoms with E-state index in [0.717, 1.165) is 18.9 Å². The van der Waals surface area contributed by atoms with E-state index in [1.165, 1.54) is 5.56 Å². The average molecular weight is 499 g/mol. The summed E-state index contributed by atoms with van der Waals surface area (Å²) in [6.45, 7) is 9.01. The Morgan fingerprint density at radius 2 is 1.92 bits per heavy atom. The Kier molecular flexibility index (Phi) is 12.7. The van der Waals surface area contributed by atoms with Gasteiger partial charge < -0.3 is 26.6 Å². The molecule has 2 unspecified atom stereocenters. The SMILES string of the molecule is C=CC(=O)NCC(=O)NC(CC)CCNC(=O)C1=CNC(NCCc2ccncc2)N=C1NCCC. The number of nitrogens with one attached hydrogen (secondary N) is 6. The van der Waals surface area contributed by atoms with E-state index < -0.39 is 5.91 Å². The minimum absolute atomic E-state index is 0.118. The quantitative estimate of drug-likeness (QED) is 0.188. The number of pyridine rings is 1. The topological polar surface area (TPSA) is 149 Å². The number of amides is 3. The normalized spacial score (nSPS) is 15.4. The number of nitrogens with zero attached hydrogens (tertiary/aromatic N) is 2. The molecule has 196 valence electrons. The standard InChI is InChI=1S/C25H38N8O3/c1-4-11-27-23-20(16-31-25(33-23)29-14-9-18-7-12-26-13-8-18)24(36)28-15-10-19(5-2)32-22(35)17-30-21(34)6-3/h6-8,12-13,16,19,25,29,31H,3-5,9-11,14-15,17H2,1-2H3,(H,27,33)(H,28,36)(H,30,34)(H,32,35). The molecule has 0 fully saturated rings. The Labute approximate surface area is 212 Å². The number of hydrogen-bond donors (Lipinski definition) is 6. The first-order valence-electron chi connectivity index (χ1n) is 12.3. The smallest absolute Gasteiger partial charge is 0.256 e. The number of carbonyl (C=O) groups is 3. The van der Waals surface area contributed by atoms with E-state index in [0.29, 0.717) is 43.9 Å². The van der Waals surface area contributed by atoms with Crippen molar-refractivity contribution in [3.63, 3.8) is 0 Å². The summed E-state index contributed by atoms with van der Waals surface area (Å²) in [6.07, 6.45) is 8.96. The van der Waals surface area contributed by atoms with Gasteiger partial charge in [-0.25, -0.2) is 4.99 Å². The second-order valence-electron chi connectivity index (χ2n) is 8.23. The number of rotatable bonds is 15. The molecule has 0 bridgehead atoms. The molecular formula is C25H38N8O3. The first-order chi connectivity index (χ1) is 17.5. The summed E-state index contributed by atoms with van der Waals surface area (Å²) >= 11 is 0. The van der Waals surface area contributed by atoms with Crippen LogP contribution < -0.4 is 31.9 Å². The Hall–Kier alpha value is -3.73. The van der Waals surface area contributed by atoms with Crippen molar-refractivity contribution in [2.75, 3.05) is 26.2 Å². The predicted octanol–water partition coefficient (Wildman–Crippen LogP) is 0.0858. The summed E-state index contributed by atoms with van der Waals surface area (Å²) in [7, 11) is 0. The number of aliphatic imine (C=N–C) groups is 1. The monoisotopic (exact) mass is 498 g/mol. The maximum absolute atomic E-state index is 12.9. The molecule has 0 saturated carbocycles. The molecule has 36 heavy (non-hydrogen) atoms. The minimum Gasteiger partial charge on any atom is -0.370 e. The van der Waals surface area contributed by atoms with Crippen LogP contribution in [0.5, 0.6) is 0 Å². The number of carbonyl (C=O) groups excluding carboxylic acids is 3. The molecule has 3 amide bonds. The average Bonchev–Trinajstić information content (AvgIpc) is 2.90. The molecule has 6 N–H and O–H groups in total. The van der Waals surface area contributed by atoms with Crippen molar-refractivity contribution in [1.82, 2.24) is 36.9 Å². The molecule has 0 aromatic carbocycles. The third-order valence-corrected chi connectivity index (χ3v) is 5.43. The summed E-state index contributed by atoms with van der Waals surface area (Å²) < 4.78 is 0. The molecule has 1 aromatic rings. The van der Waals surface area contributed by atoms with Crippen LogP contribution in [-0.2, 0) is 20.8 Å². The maximum atomic E-state index is 12.9. The van der Waals surface area contributed by atoms with E-state index in [4.69, 9.17) is 0 Å². The molecular weight excluding hydrogens is 460 g/mol. The molecule has 2 rings (SSSR count). The fourth-order valence-electron chi connectivity index (χ4n) is 3.38. The molecule has 0 radical (unpaired) electrons. The highest BCUT2D eigenvalue weighted by Gasteiger charge is 2.22. The molecule has 2 heterocycles. The van der Waals surface area contributed by atoms with Crippen LogP contribution in [0, 0.1) is 0 Å². The van der Waals surface area contributed by atoms with Gasteiger partial charge in [0.05, 0.1) is 12.1 Å². The fraction of sp³-hybridized carbons (Fsp3) is 0.480. The van der Waals surface area contributed by atoms with Crippen molar-refractivity contribution in [2.45, 2.75) is 51.9 Å². The van der Waals surface area contributed by atoms with Crippen molar-refractivity contribution in [3.8, 4) is 0 Å². The second kappa shape index (κ2) is 16.0. The van der Waals surface area contributed by atoms with E-state index >= 15 is 0 Å². The van der Waals surface area contributed by atoms with Gasteiger partial charge in [-0.2, -0.15) is 0 Å². The van der Waals surface area contributed by atoms with E-state index in [-0.39, 0.29) is 30.7 Å². The fourth-order valence-corrected chi connectivity index (χ4v) is 3.38. The molecule has 11 nitrogen and oxygen atoms in total. The molecule has 0 saturated heterocycles. The highest BCUT2D eigenvalue weighted by atomic mass is 16.2. The number of amidine groups is 1. The van der Waals surface area contributed by atoms with Crippen LogP contribution in [0.25, 0.3) is 0 Å². The third-order valence-electron chi connectivity index (χ3n) is 5.43. The first kappa shape index (κ1) is 28.5. The zero-order chi connectivity index (χ0) is 26.2. The van der Waals surface area contributed by atoms with Crippen molar-refractivity contribution in [1.29, 1.82) is 0 Å². The van der Waals surface area contributed by atoms with Gasteiger partial charge in [-0.1, -0.05) is 20.4 Å². The molecule has 1 aliphatic heterocycles. The van der Waals surface area contributed by atoms with Crippen molar-refractivity contribution in [3.05, 3.63) is 54.5 Å². The van der Waals surface area contributed by atoms with Gasteiger partial charge in [0.25, 0.3) is 5.91 Å². The van der Waals surface area contributed by atoms with Crippen molar-refractivity contribution < 1.29 is 14.4 Å². The number of aromatic nitrogens is 1. The number of hydrogen-bond acceptors (Lipinski definition) is 8. The summed E-state index contributed by atoms with van der Waals surface area (Å²) in [6, 6.07) is 3.83. The largest absolute Gasteiger partial charge is 0.370 e. The van der Waals surface area contributed by atoms with Crippen LogP contribution in [0.3, 0.4) is 0 Å². The molecule has 2 atom stereocenters. The second-order valence-corrected chi connectivity index (χ2v) is 8.23. The van der Waals surface area contributed by atoms with Crippen LogP contribution in [0.1, 0.15) is 38.7 Å². The molecule has 1 aromatic heterocycles. The van der Waals surface area contributed by atoms with Gasteiger partial charge in [-0.15, -0.1) is 0 Å². The third kappa shape index (κ3) is 10.3. The Morgan fingerprint density at radius 1 is 1.14 bits per heavy atom. The predicted molar refractivity (Wildman–Crippen MR) is 140 cm³/mol. The van der Waals surface area contributed by atoms with Gasteiger partial charge in [-0.3, -0.25) is 24.7 Å². The van der Waals surface area contributed by atoms with E-state index in [1.807, 2.05) is 26.0 Å². The molecule has 1 aliphatic rings. The Morgan fingerprint density at radius 3 is 2.61 bits per heavy atom. The summed E-state index contributed by atoms with van der Waals surface area (Å²) in [5.74, 6) is -0.407. The Bertz CT molecular complexity index is 932. The van der Waals surface area contributed by atoms with Crippen molar-refractivity contribution in [2.24, 2.45) is 4.99 Å². The van der Waals surface area contributed by atoms with Crippen LogP contribution in [0.15, 0.2) is 53.9 Å². The molecule has 0 spiro atoms. The van der Waals surface area contributed by atoms with E-state index in [9.17, 15) is 14.4 Å². The first-order valence-corrected chi connectivity index (χ1v) is 12.3. The molecule has 0 aliphatic carbocycles. The van der Waals surface area contributed by atoms with Crippen LogP contribution in [-0.4, -0.2) is 67.1 Å². The van der Waals surface area contributed by atoms with Gasteiger partial charge in [0.15, 0.2) is 6.29 Å². The van der Waals surface area contributed by atoms with E-state index in [2.05, 4.69) is 48.5 Å². The van der Waals surface area contributed by atoms with Crippen LogP contribution >= 0.6 is 0 Å². The molecule has 11 heteroatoms. The highest BCUT2D eigenvalue weighted by molar-refractivity contribution is 6.21. The lowest BCUT2D eigenvalue weighted by Gasteiger charge is -2.24. The minimum atomic E-state index is -0.403. The van der Waals surface area contributed by atoms with E-state index in [1.54, 1.807) is 18.6 Å². The van der Waals surface area contributed by atoms with Gasteiger partial charge in [-0.05, 0) is 49.5 Å². The van der Waals surface area contributed by atoms with Gasteiger partial charge in [0.1, 0.15) is 5.84 Å². The van der Waals surface area contributed by atoms with Gasteiger partial charge in [0.2, 0.25) is 11.8 Å². The summed E-state index contributed by atoms with van der Waals surface area (Å²) in [4.78, 5) is 44.7. The summed E-state index contributed by atoms with van der Waals surface area (Å²) in [5.41, 5.74) is 1.61.